The fourth-order valence-corrected chi connectivity index (χ4v) is 2.82. The Morgan fingerprint density at radius 2 is 1.33 bits per heavy atom. The first-order chi connectivity index (χ1) is 11.7. The Morgan fingerprint density at radius 1 is 0.875 bits per heavy atom. The van der Waals surface area contributed by atoms with Gasteiger partial charge in [0, 0.05) is 19.1 Å². The van der Waals surface area contributed by atoms with Crippen molar-refractivity contribution in [3.63, 3.8) is 0 Å². The summed E-state index contributed by atoms with van der Waals surface area (Å²) in [6, 6.07) is 20.9. The van der Waals surface area contributed by atoms with Gasteiger partial charge in [-0.3, -0.25) is 9.69 Å². The van der Waals surface area contributed by atoms with E-state index in [2.05, 4.69) is 48.3 Å². The summed E-state index contributed by atoms with van der Waals surface area (Å²) in [7, 11) is 0. The maximum atomic E-state index is 12.4. The van der Waals surface area contributed by atoms with Gasteiger partial charge in [-0.05, 0) is 24.0 Å². The van der Waals surface area contributed by atoms with E-state index >= 15 is 0 Å². The number of amides is 1. The Bertz CT molecular complexity index is 552. The highest BCUT2D eigenvalue weighted by molar-refractivity contribution is 5.78. The van der Waals surface area contributed by atoms with Crippen LogP contribution >= 0.6 is 0 Å². The van der Waals surface area contributed by atoms with Gasteiger partial charge in [0.05, 0.1) is 6.54 Å². The molecule has 24 heavy (non-hydrogen) atoms. The van der Waals surface area contributed by atoms with Crippen LogP contribution in [0.25, 0.3) is 0 Å². The zero-order valence-electron chi connectivity index (χ0n) is 14.7. The number of nitrogens with one attached hydrogen (secondary N) is 1. The molecule has 0 saturated carbocycles. The molecule has 2 aromatic carbocycles. The Balaban J connectivity index is 2.03. The number of carbonyl (C=O) groups excluding carboxylic acids is 1. The molecular weight excluding hydrogens is 296 g/mol. The molecule has 2 aromatic rings. The third-order valence-electron chi connectivity index (χ3n) is 4.22. The smallest absolute Gasteiger partial charge is 0.234 e. The van der Waals surface area contributed by atoms with Gasteiger partial charge < -0.3 is 5.32 Å². The lowest BCUT2D eigenvalue weighted by Crippen LogP contribution is -2.41. The summed E-state index contributed by atoms with van der Waals surface area (Å²) < 4.78 is 0. The highest BCUT2D eigenvalue weighted by atomic mass is 16.2. The van der Waals surface area contributed by atoms with E-state index in [-0.39, 0.29) is 11.9 Å². The molecule has 0 spiro atoms. The molecule has 0 aliphatic heterocycles. The molecule has 0 radical (unpaired) electrons. The van der Waals surface area contributed by atoms with Crippen molar-refractivity contribution in [1.82, 2.24) is 10.2 Å². The molecule has 3 heteroatoms. The zero-order valence-corrected chi connectivity index (χ0v) is 14.7. The van der Waals surface area contributed by atoms with Crippen molar-refractivity contribution < 1.29 is 4.79 Å². The second kappa shape index (κ2) is 9.89. The molecule has 3 nitrogen and oxygen atoms in total. The first-order valence-electron chi connectivity index (χ1n) is 8.80. The van der Waals surface area contributed by atoms with Crippen LogP contribution in [0.15, 0.2) is 60.7 Å². The second-order valence-corrected chi connectivity index (χ2v) is 6.20. The lowest BCUT2D eigenvalue weighted by molar-refractivity contribution is -0.123. The summed E-state index contributed by atoms with van der Waals surface area (Å²) in [5.41, 5.74) is 2.45. The van der Waals surface area contributed by atoms with Crippen LogP contribution in [0.5, 0.6) is 0 Å². The fraction of sp³-hybridized carbons (Fsp3) is 0.381. The predicted molar refractivity (Wildman–Crippen MR) is 99.5 cm³/mol. The number of benzene rings is 2. The summed E-state index contributed by atoms with van der Waals surface area (Å²) >= 11 is 0. The van der Waals surface area contributed by atoms with E-state index in [0.717, 1.165) is 25.9 Å². The molecule has 128 valence electrons. The summed E-state index contributed by atoms with van der Waals surface area (Å²) in [6.07, 6.45) is 1.94. The number of rotatable bonds is 9. The van der Waals surface area contributed by atoms with Crippen LogP contribution < -0.4 is 5.32 Å². The third-order valence-corrected chi connectivity index (χ3v) is 4.22. The number of carbonyl (C=O) groups is 1. The van der Waals surface area contributed by atoms with Crippen molar-refractivity contribution in [3.05, 3.63) is 71.8 Å². The topological polar surface area (TPSA) is 32.3 Å². The molecule has 0 aromatic heterocycles. The summed E-state index contributed by atoms with van der Waals surface area (Å²) in [6.45, 7) is 6.18. The SMILES string of the molecule is CCC(CC)NC(=O)CN(Cc1ccccc1)Cc1ccccc1. The van der Waals surface area contributed by atoms with Gasteiger partial charge in [0.2, 0.25) is 5.91 Å². The van der Waals surface area contributed by atoms with E-state index < -0.39 is 0 Å². The minimum absolute atomic E-state index is 0.107. The Morgan fingerprint density at radius 3 is 1.75 bits per heavy atom. The predicted octanol–water partition coefficient (Wildman–Crippen LogP) is 3.99. The minimum Gasteiger partial charge on any atom is -0.352 e. The van der Waals surface area contributed by atoms with E-state index in [9.17, 15) is 4.79 Å². The van der Waals surface area contributed by atoms with Crippen LogP contribution in [-0.4, -0.2) is 23.4 Å². The quantitative estimate of drug-likeness (QED) is 0.756. The molecule has 0 bridgehead atoms. The second-order valence-electron chi connectivity index (χ2n) is 6.20. The maximum absolute atomic E-state index is 12.4. The van der Waals surface area contributed by atoms with E-state index in [1.54, 1.807) is 0 Å². The van der Waals surface area contributed by atoms with Crippen LogP contribution in [0.1, 0.15) is 37.8 Å². The summed E-state index contributed by atoms with van der Waals surface area (Å²) in [4.78, 5) is 14.6. The van der Waals surface area contributed by atoms with E-state index in [1.807, 2.05) is 36.4 Å². The number of hydrogen-bond acceptors (Lipinski definition) is 2. The van der Waals surface area contributed by atoms with Gasteiger partial charge in [-0.15, -0.1) is 0 Å². The van der Waals surface area contributed by atoms with Gasteiger partial charge in [0.25, 0.3) is 0 Å². The monoisotopic (exact) mass is 324 g/mol. The molecule has 2 rings (SSSR count). The molecule has 0 heterocycles. The minimum atomic E-state index is 0.107. The first-order valence-corrected chi connectivity index (χ1v) is 8.80. The van der Waals surface area contributed by atoms with Gasteiger partial charge in [0.1, 0.15) is 0 Å². The Kier molecular flexibility index (Phi) is 7.50. The highest BCUT2D eigenvalue weighted by Gasteiger charge is 2.14. The normalized spacial score (nSPS) is 11.0. The van der Waals surface area contributed by atoms with E-state index in [0.29, 0.717) is 6.54 Å². The average Bonchev–Trinajstić information content (AvgIpc) is 2.61. The molecule has 0 aliphatic carbocycles. The van der Waals surface area contributed by atoms with Crippen LogP contribution in [0.3, 0.4) is 0 Å². The van der Waals surface area contributed by atoms with Crippen molar-refractivity contribution in [3.8, 4) is 0 Å². The van der Waals surface area contributed by atoms with Gasteiger partial charge in [-0.25, -0.2) is 0 Å². The molecule has 1 amide bonds. The largest absolute Gasteiger partial charge is 0.352 e. The molecule has 0 unspecified atom stereocenters. The molecule has 0 saturated heterocycles. The lowest BCUT2D eigenvalue weighted by Gasteiger charge is -2.24. The number of nitrogens with zero attached hydrogens (tertiary/aromatic N) is 1. The van der Waals surface area contributed by atoms with Crippen molar-refractivity contribution in [2.75, 3.05) is 6.54 Å². The van der Waals surface area contributed by atoms with Gasteiger partial charge in [0.15, 0.2) is 0 Å². The summed E-state index contributed by atoms with van der Waals surface area (Å²) in [5, 5.41) is 3.14. The third kappa shape index (κ3) is 6.17. The Hall–Kier alpha value is -2.13. The zero-order chi connectivity index (χ0) is 17.2. The lowest BCUT2D eigenvalue weighted by atomic mass is 10.1. The molecular formula is C21H28N2O. The fourth-order valence-electron chi connectivity index (χ4n) is 2.82. The van der Waals surface area contributed by atoms with E-state index in [4.69, 9.17) is 0 Å². The van der Waals surface area contributed by atoms with Crippen molar-refractivity contribution >= 4 is 5.91 Å². The summed E-state index contributed by atoms with van der Waals surface area (Å²) in [5.74, 6) is 0.107. The van der Waals surface area contributed by atoms with Crippen molar-refractivity contribution in [1.29, 1.82) is 0 Å². The van der Waals surface area contributed by atoms with Crippen LogP contribution in [0.2, 0.25) is 0 Å². The standard InChI is InChI=1S/C21H28N2O/c1-3-20(4-2)22-21(24)17-23(15-18-11-7-5-8-12-18)16-19-13-9-6-10-14-19/h5-14,20H,3-4,15-17H2,1-2H3,(H,22,24). The molecule has 0 fully saturated rings. The van der Waals surface area contributed by atoms with Gasteiger partial charge >= 0.3 is 0 Å². The first kappa shape index (κ1) is 18.2. The number of hydrogen-bond donors (Lipinski definition) is 1. The van der Waals surface area contributed by atoms with Gasteiger partial charge in [-0.1, -0.05) is 74.5 Å². The van der Waals surface area contributed by atoms with E-state index in [1.165, 1.54) is 11.1 Å². The van der Waals surface area contributed by atoms with Gasteiger partial charge in [-0.2, -0.15) is 0 Å². The van der Waals surface area contributed by atoms with Crippen LogP contribution in [0.4, 0.5) is 0 Å². The molecule has 0 aliphatic rings. The highest BCUT2D eigenvalue weighted by Crippen LogP contribution is 2.10. The van der Waals surface area contributed by atoms with Crippen LogP contribution in [0, 0.1) is 0 Å². The Labute approximate surface area is 145 Å². The molecule has 1 N–H and O–H groups in total. The maximum Gasteiger partial charge on any atom is 0.234 e. The molecule has 0 atom stereocenters. The van der Waals surface area contributed by atoms with Crippen molar-refractivity contribution in [2.24, 2.45) is 0 Å². The van der Waals surface area contributed by atoms with Crippen LogP contribution in [-0.2, 0) is 17.9 Å². The van der Waals surface area contributed by atoms with Crippen molar-refractivity contribution in [2.45, 2.75) is 45.8 Å². The average molecular weight is 324 g/mol.